The molecule has 5 aromatic rings. The molecule has 0 fully saturated rings. The first kappa shape index (κ1) is 21.2. The van der Waals surface area contributed by atoms with Gasteiger partial charge in [-0.1, -0.05) is 36.4 Å². The second-order valence-electron chi connectivity index (χ2n) is 7.65. The number of hydrogen-bond donors (Lipinski definition) is 1. The maximum Gasteiger partial charge on any atom is 0.351 e. The summed E-state index contributed by atoms with van der Waals surface area (Å²) in [6, 6.07) is 21.7. The molecule has 0 saturated carbocycles. The van der Waals surface area contributed by atoms with Crippen LogP contribution in [0.5, 0.6) is 17.4 Å². The number of nitrogens with one attached hydrogen (secondary N) is 1. The van der Waals surface area contributed by atoms with E-state index in [0.717, 1.165) is 10.2 Å². The molecule has 0 radical (unpaired) electrons. The summed E-state index contributed by atoms with van der Waals surface area (Å²) in [6.45, 7) is 1.64. The molecule has 2 heterocycles. The maximum atomic E-state index is 13.3. The van der Waals surface area contributed by atoms with Crippen molar-refractivity contribution in [2.75, 3.05) is 12.4 Å². The highest BCUT2D eigenvalue weighted by Gasteiger charge is 2.19. The molecule has 0 unspecified atom stereocenters. The molecule has 5 rings (SSSR count). The van der Waals surface area contributed by atoms with Gasteiger partial charge in [-0.05, 0) is 42.8 Å². The van der Waals surface area contributed by atoms with Gasteiger partial charge in [0.25, 0.3) is 5.88 Å². The van der Waals surface area contributed by atoms with Crippen LogP contribution in [0.4, 0.5) is 5.69 Å². The number of hydrogen-bond acceptors (Lipinski definition) is 6. The molecule has 0 aliphatic heterocycles. The number of carbonyl (C=O) groups is 1. The van der Waals surface area contributed by atoms with Crippen LogP contribution in [-0.4, -0.2) is 32.2 Å². The Kier molecular flexibility index (Phi) is 5.43. The molecular weight excluding hydrogens is 434 g/mol. The highest BCUT2D eigenvalue weighted by molar-refractivity contribution is 5.90. The third-order valence-electron chi connectivity index (χ3n) is 5.32. The summed E-state index contributed by atoms with van der Waals surface area (Å²) in [5.74, 6) is 0.984. The summed E-state index contributed by atoms with van der Waals surface area (Å²) in [4.78, 5) is 30.6. The van der Waals surface area contributed by atoms with Gasteiger partial charge in [-0.2, -0.15) is 0 Å². The van der Waals surface area contributed by atoms with Crippen LogP contribution in [0.2, 0.25) is 0 Å². The van der Waals surface area contributed by atoms with Crippen LogP contribution in [0.15, 0.2) is 77.6 Å². The fourth-order valence-corrected chi connectivity index (χ4v) is 3.65. The van der Waals surface area contributed by atoms with E-state index >= 15 is 0 Å². The lowest BCUT2D eigenvalue weighted by Gasteiger charge is -2.09. The zero-order chi connectivity index (χ0) is 23.7. The largest absolute Gasteiger partial charge is 0.497 e. The standard InChI is InChI=1S/C25H21N5O4/c1-16-8-3-6-13-21(16)34-24-23-28-29(15-22(31)26-17-9-7-10-18(14-17)33-2)25(32)30(23)20-12-5-4-11-19(20)27-24/h3-14H,15H2,1-2H3,(H,26,31). The number of rotatable bonds is 6. The van der Waals surface area contributed by atoms with E-state index in [4.69, 9.17) is 9.47 Å². The predicted octanol–water partition coefficient (Wildman–Crippen LogP) is 3.79. The van der Waals surface area contributed by atoms with Crippen molar-refractivity contribution in [3.05, 3.63) is 88.8 Å². The number of methoxy groups -OCH3 is 1. The predicted molar refractivity (Wildman–Crippen MR) is 128 cm³/mol. The molecule has 1 N–H and O–H groups in total. The van der Waals surface area contributed by atoms with Crippen molar-refractivity contribution in [3.63, 3.8) is 0 Å². The van der Waals surface area contributed by atoms with Crippen molar-refractivity contribution in [2.45, 2.75) is 13.5 Å². The van der Waals surface area contributed by atoms with E-state index in [9.17, 15) is 9.59 Å². The molecule has 9 heteroatoms. The lowest BCUT2D eigenvalue weighted by Crippen LogP contribution is -2.28. The molecule has 0 atom stereocenters. The molecule has 3 aromatic carbocycles. The number of amides is 1. The van der Waals surface area contributed by atoms with Crippen LogP contribution in [-0.2, 0) is 11.3 Å². The third kappa shape index (κ3) is 3.95. The number of aromatic nitrogens is 4. The molecule has 0 bridgehead atoms. The summed E-state index contributed by atoms with van der Waals surface area (Å²) in [6.07, 6.45) is 0. The van der Waals surface area contributed by atoms with Crippen molar-refractivity contribution < 1.29 is 14.3 Å². The van der Waals surface area contributed by atoms with Gasteiger partial charge in [0.1, 0.15) is 18.0 Å². The van der Waals surface area contributed by atoms with E-state index < -0.39 is 11.6 Å². The molecule has 0 saturated heterocycles. The second-order valence-corrected chi connectivity index (χ2v) is 7.65. The van der Waals surface area contributed by atoms with E-state index in [1.807, 2.05) is 43.3 Å². The number of anilines is 1. The van der Waals surface area contributed by atoms with E-state index in [1.165, 1.54) is 4.40 Å². The van der Waals surface area contributed by atoms with Gasteiger partial charge in [0.15, 0.2) is 0 Å². The van der Waals surface area contributed by atoms with Gasteiger partial charge in [-0.3, -0.25) is 4.79 Å². The van der Waals surface area contributed by atoms with Gasteiger partial charge >= 0.3 is 5.69 Å². The van der Waals surface area contributed by atoms with Crippen LogP contribution < -0.4 is 20.5 Å². The zero-order valence-electron chi connectivity index (χ0n) is 18.6. The molecule has 0 aliphatic rings. The molecule has 0 spiro atoms. The lowest BCUT2D eigenvalue weighted by molar-refractivity contribution is -0.117. The molecule has 1 amide bonds. The Morgan fingerprint density at radius 1 is 1.03 bits per heavy atom. The van der Waals surface area contributed by atoms with Crippen molar-refractivity contribution in [2.24, 2.45) is 0 Å². The van der Waals surface area contributed by atoms with Crippen molar-refractivity contribution in [1.82, 2.24) is 19.2 Å². The summed E-state index contributed by atoms with van der Waals surface area (Å²) in [5, 5.41) is 7.16. The van der Waals surface area contributed by atoms with Gasteiger partial charge in [-0.25, -0.2) is 18.9 Å². The lowest BCUT2D eigenvalue weighted by atomic mass is 10.2. The first-order valence-corrected chi connectivity index (χ1v) is 10.6. The monoisotopic (exact) mass is 455 g/mol. The minimum absolute atomic E-state index is 0.178. The van der Waals surface area contributed by atoms with E-state index in [-0.39, 0.29) is 18.1 Å². The fourth-order valence-electron chi connectivity index (χ4n) is 3.65. The Balaban J connectivity index is 1.55. The van der Waals surface area contributed by atoms with E-state index in [2.05, 4.69) is 15.4 Å². The Hall–Kier alpha value is -4.66. The summed E-state index contributed by atoms with van der Waals surface area (Å²) in [7, 11) is 1.55. The highest BCUT2D eigenvalue weighted by atomic mass is 16.5. The Morgan fingerprint density at radius 2 is 1.82 bits per heavy atom. The first-order chi connectivity index (χ1) is 16.5. The van der Waals surface area contributed by atoms with Crippen molar-refractivity contribution in [1.29, 1.82) is 0 Å². The summed E-state index contributed by atoms with van der Waals surface area (Å²) >= 11 is 0. The quantitative estimate of drug-likeness (QED) is 0.418. The molecule has 34 heavy (non-hydrogen) atoms. The first-order valence-electron chi connectivity index (χ1n) is 10.6. The van der Waals surface area contributed by atoms with Crippen LogP contribution in [0.3, 0.4) is 0 Å². The Labute approximate surface area is 194 Å². The van der Waals surface area contributed by atoms with Crippen molar-refractivity contribution >= 4 is 28.3 Å². The van der Waals surface area contributed by atoms with Gasteiger partial charge in [0.2, 0.25) is 11.6 Å². The molecule has 2 aromatic heterocycles. The number of para-hydroxylation sites is 3. The highest BCUT2D eigenvalue weighted by Crippen LogP contribution is 2.28. The van der Waals surface area contributed by atoms with Gasteiger partial charge in [0, 0.05) is 11.8 Å². The van der Waals surface area contributed by atoms with E-state index in [1.54, 1.807) is 43.5 Å². The topological polar surface area (TPSA) is 99.8 Å². The van der Waals surface area contributed by atoms with Gasteiger partial charge < -0.3 is 14.8 Å². The SMILES string of the molecule is COc1cccc(NC(=O)Cn2nc3c(Oc4ccccc4C)nc4ccccc4n3c2=O)c1. The van der Waals surface area contributed by atoms with Crippen LogP contribution in [0, 0.1) is 6.92 Å². The number of benzene rings is 3. The number of nitrogens with zero attached hydrogens (tertiary/aromatic N) is 4. The van der Waals surface area contributed by atoms with E-state index in [0.29, 0.717) is 28.2 Å². The Bertz CT molecular complexity index is 1590. The van der Waals surface area contributed by atoms with Crippen molar-refractivity contribution in [3.8, 4) is 17.4 Å². The van der Waals surface area contributed by atoms with Crippen LogP contribution in [0.1, 0.15) is 5.56 Å². The van der Waals surface area contributed by atoms with Gasteiger partial charge in [-0.15, -0.1) is 5.10 Å². The molecule has 170 valence electrons. The van der Waals surface area contributed by atoms with Crippen LogP contribution >= 0.6 is 0 Å². The van der Waals surface area contributed by atoms with Gasteiger partial charge in [0.05, 0.1) is 18.1 Å². The second kappa shape index (κ2) is 8.70. The number of carbonyl (C=O) groups excluding carboxylic acids is 1. The third-order valence-corrected chi connectivity index (χ3v) is 5.32. The summed E-state index contributed by atoms with van der Waals surface area (Å²) < 4.78 is 13.8. The normalized spacial score (nSPS) is 11.0. The number of ether oxygens (including phenoxy) is 2. The average Bonchev–Trinajstić information content (AvgIpc) is 3.17. The fraction of sp³-hybridized carbons (Fsp3) is 0.120. The minimum Gasteiger partial charge on any atom is -0.497 e. The average molecular weight is 455 g/mol. The molecule has 9 nitrogen and oxygen atoms in total. The zero-order valence-corrected chi connectivity index (χ0v) is 18.6. The minimum atomic E-state index is -0.468. The molecule has 0 aliphatic carbocycles. The van der Waals surface area contributed by atoms with Crippen LogP contribution in [0.25, 0.3) is 16.7 Å². The summed E-state index contributed by atoms with van der Waals surface area (Å²) in [5.41, 5.74) is 2.36. The maximum absolute atomic E-state index is 13.3. The Morgan fingerprint density at radius 3 is 2.65 bits per heavy atom. The smallest absolute Gasteiger partial charge is 0.351 e. The molecular formula is C25H21N5O4. The number of aryl methyl sites for hydroxylation is 1. The number of fused-ring (bicyclic) bond motifs is 3.